The van der Waals surface area contributed by atoms with Crippen LogP contribution in [0.4, 0.5) is 14.5 Å². The lowest BCUT2D eigenvalue weighted by atomic mass is 10.2. The van der Waals surface area contributed by atoms with Crippen molar-refractivity contribution in [2.75, 3.05) is 5.32 Å². The molecule has 1 aromatic heterocycles. The quantitative estimate of drug-likeness (QED) is 0.834. The van der Waals surface area contributed by atoms with Crippen LogP contribution in [0.5, 0.6) is 0 Å². The Labute approximate surface area is 114 Å². The topological polar surface area (TPSA) is 42.2 Å². The minimum Gasteiger partial charge on any atom is -0.452 e. The minimum absolute atomic E-state index is 0.0284. The van der Waals surface area contributed by atoms with Crippen LogP contribution < -0.4 is 5.32 Å². The van der Waals surface area contributed by atoms with Gasteiger partial charge in [-0.25, -0.2) is 8.78 Å². The van der Waals surface area contributed by atoms with Gasteiger partial charge in [0.1, 0.15) is 11.6 Å². The number of furan rings is 1. The van der Waals surface area contributed by atoms with Crippen LogP contribution in [-0.4, -0.2) is 5.91 Å². The van der Waals surface area contributed by atoms with E-state index in [-0.39, 0.29) is 20.9 Å². The maximum absolute atomic E-state index is 13.5. The normalized spacial score (nSPS) is 10.4. The van der Waals surface area contributed by atoms with E-state index in [1.165, 1.54) is 12.3 Å². The van der Waals surface area contributed by atoms with Crippen molar-refractivity contribution < 1.29 is 18.0 Å². The third-order valence-corrected chi connectivity index (χ3v) is 3.02. The number of nitrogens with one attached hydrogen (secondary N) is 1. The fourth-order valence-corrected chi connectivity index (χ4v) is 1.78. The van der Waals surface area contributed by atoms with Gasteiger partial charge in [-0.1, -0.05) is 0 Å². The van der Waals surface area contributed by atoms with Crippen molar-refractivity contribution in [2.45, 2.75) is 0 Å². The average molecular weight is 337 g/mol. The van der Waals surface area contributed by atoms with Crippen molar-refractivity contribution >= 4 is 39.1 Å². The molecule has 0 saturated carbocycles. The standard InChI is InChI=1S/C11H5BrClF2NO2/c12-6-3-8(15)9(4-7(6)14)16-11(17)5-1-2-18-10(5)13/h1-4H,(H,16,17). The monoisotopic (exact) mass is 335 g/mol. The summed E-state index contributed by atoms with van der Waals surface area (Å²) in [6.45, 7) is 0. The van der Waals surface area contributed by atoms with Crippen LogP contribution in [0.3, 0.4) is 0 Å². The maximum Gasteiger partial charge on any atom is 0.260 e. The van der Waals surface area contributed by atoms with Crippen molar-refractivity contribution in [3.63, 3.8) is 0 Å². The molecule has 0 aliphatic heterocycles. The zero-order valence-electron chi connectivity index (χ0n) is 8.64. The fourth-order valence-electron chi connectivity index (χ4n) is 1.26. The Kier molecular flexibility index (Phi) is 3.68. The van der Waals surface area contributed by atoms with Gasteiger partial charge in [0, 0.05) is 6.07 Å². The van der Waals surface area contributed by atoms with E-state index in [1.807, 2.05) is 0 Å². The van der Waals surface area contributed by atoms with E-state index in [0.29, 0.717) is 0 Å². The Bertz CT molecular complexity index is 615. The molecule has 0 aliphatic rings. The van der Waals surface area contributed by atoms with Gasteiger partial charge in [-0.2, -0.15) is 0 Å². The second kappa shape index (κ2) is 5.07. The van der Waals surface area contributed by atoms with E-state index < -0.39 is 17.5 Å². The summed E-state index contributed by atoms with van der Waals surface area (Å²) in [5, 5.41) is 2.08. The highest BCUT2D eigenvalue weighted by molar-refractivity contribution is 9.10. The van der Waals surface area contributed by atoms with Gasteiger partial charge in [-0.05, 0) is 39.7 Å². The van der Waals surface area contributed by atoms with Gasteiger partial charge in [0.05, 0.1) is 22.0 Å². The van der Waals surface area contributed by atoms with E-state index in [4.69, 9.17) is 16.0 Å². The molecule has 0 saturated heterocycles. The van der Waals surface area contributed by atoms with Crippen LogP contribution >= 0.6 is 27.5 Å². The van der Waals surface area contributed by atoms with Gasteiger partial charge in [0.2, 0.25) is 5.22 Å². The molecule has 3 nitrogen and oxygen atoms in total. The van der Waals surface area contributed by atoms with Gasteiger partial charge in [0.25, 0.3) is 5.91 Å². The second-order valence-electron chi connectivity index (χ2n) is 3.31. The van der Waals surface area contributed by atoms with E-state index in [2.05, 4.69) is 21.2 Å². The summed E-state index contributed by atoms with van der Waals surface area (Å²) < 4.78 is 31.4. The fraction of sp³-hybridized carbons (Fsp3) is 0. The van der Waals surface area contributed by atoms with E-state index in [1.54, 1.807) is 0 Å². The number of carbonyl (C=O) groups is 1. The van der Waals surface area contributed by atoms with Crippen LogP contribution in [0.15, 0.2) is 33.4 Å². The van der Waals surface area contributed by atoms with Gasteiger partial charge in [-0.3, -0.25) is 4.79 Å². The zero-order valence-corrected chi connectivity index (χ0v) is 11.0. The molecule has 2 rings (SSSR count). The number of benzene rings is 1. The third kappa shape index (κ3) is 2.54. The molecule has 0 radical (unpaired) electrons. The molecule has 0 atom stereocenters. The number of hydrogen-bond donors (Lipinski definition) is 1. The SMILES string of the molecule is O=C(Nc1cc(F)c(Br)cc1F)c1ccoc1Cl. The van der Waals surface area contributed by atoms with Crippen molar-refractivity contribution in [1.29, 1.82) is 0 Å². The molecule has 94 valence electrons. The van der Waals surface area contributed by atoms with Crippen molar-refractivity contribution in [3.8, 4) is 0 Å². The number of anilines is 1. The third-order valence-electron chi connectivity index (χ3n) is 2.12. The smallest absolute Gasteiger partial charge is 0.260 e. The molecule has 18 heavy (non-hydrogen) atoms. The first-order valence-corrected chi connectivity index (χ1v) is 5.85. The van der Waals surface area contributed by atoms with Crippen molar-refractivity contribution in [2.24, 2.45) is 0 Å². The summed E-state index contributed by atoms with van der Waals surface area (Å²) in [4.78, 5) is 11.7. The molecule has 0 unspecified atom stereocenters. The van der Waals surface area contributed by atoms with E-state index in [0.717, 1.165) is 12.1 Å². The van der Waals surface area contributed by atoms with Crippen molar-refractivity contribution in [1.82, 2.24) is 0 Å². The predicted molar refractivity (Wildman–Crippen MR) is 65.7 cm³/mol. The van der Waals surface area contributed by atoms with Crippen LogP contribution in [-0.2, 0) is 0 Å². The number of halogens is 4. The molecule has 1 heterocycles. The highest BCUT2D eigenvalue weighted by Gasteiger charge is 2.16. The summed E-state index contributed by atoms with van der Waals surface area (Å²) in [5.74, 6) is -2.14. The molecule has 0 fully saturated rings. The Morgan fingerprint density at radius 2 is 2.06 bits per heavy atom. The van der Waals surface area contributed by atoms with Crippen LogP contribution in [0, 0.1) is 11.6 Å². The maximum atomic E-state index is 13.5. The summed E-state index contributed by atoms with van der Waals surface area (Å²) in [6, 6.07) is 3.11. The molecule has 1 N–H and O–H groups in total. The highest BCUT2D eigenvalue weighted by atomic mass is 79.9. The number of hydrogen-bond acceptors (Lipinski definition) is 2. The van der Waals surface area contributed by atoms with Gasteiger partial charge < -0.3 is 9.73 Å². The summed E-state index contributed by atoms with van der Waals surface area (Å²) in [5.41, 5.74) is -0.239. The lowest BCUT2D eigenvalue weighted by Gasteiger charge is -2.06. The summed E-state index contributed by atoms with van der Waals surface area (Å²) >= 11 is 8.43. The summed E-state index contributed by atoms with van der Waals surface area (Å²) in [7, 11) is 0. The molecule has 0 bridgehead atoms. The first-order valence-electron chi connectivity index (χ1n) is 4.68. The highest BCUT2D eigenvalue weighted by Crippen LogP contribution is 2.25. The average Bonchev–Trinajstić information content (AvgIpc) is 2.72. The Hall–Kier alpha value is -1.40. The molecule has 2 aromatic rings. The van der Waals surface area contributed by atoms with Crippen LogP contribution in [0.1, 0.15) is 10.4 Å². The molecule has 0 spiro atoms. The lowest BCUT2D eigenvalue weighted by Crippen LogP contribution is -2.13. The van der Waals surface area contributed by atoms with E-state index in [9.17, 15) is 13.6 Å². The largest absolute Gasteiger partial charge is 0.452 e. The Balaban J connectivity index is 2.28. The number of carbonyl (C=O) groups excluding carboxylic acids is 1. The number of amides is 1. The number of rotatable bonds is 2. The van der Waals surface area contributed by atoms with Crippen LogP contribution in [0.2, 0.25) is 5.22 Å². The van der Waals surface area contributed by atoms with Gasteiger partial charge >= 0.3 is 0 Å². The molecular formula is C11H5BrClF2NO2. The van der Waals surface area contributed by atoms with Gasteiger partial charge in [0.15, 0.2) is 0 Å². The Morgan fingerprint density at radius 1 is 1.33 bits per heavy atom. The van der Waals surface area contributed by atoms with Crippen molar-refractivity contribution in [3.05, 3.63) is 51.4 Å². The minimum atomic E-state index is -0.767. The predicted octanol–water partition coefficient (Wildman–Crippen LogP) is 4.23. The first-order chi connectivity index (χ1) is 8.49. The lowest BCUT2D eigenvalue weighted by molar-refractivity contribution is 0.102. The first kappa shape index (κ1) is 13.0. The molecule has 1 amide bonds. The second-order valence-corrected chi connectivity index (χ2v) is 4.51. The van der Waals surface area contributed by atoms with Crippen LogP contribution in [0.25, 0.3) is 0 Å². The summed E-state index contributed by atoms with van der Waals surface area (Å²) in [6.07, 6.45) is 1.22. The molecule has 7 heteroatoms. The molecule has 0 aliphatic carbocycles. The molecular weight excluding hydrogens is 331 g/mol. The van der Waals surface area contributed by atoms with E-state index >= 15 is 0 Å². The van der Waals surface area contributed by atoms with Gasteiger partial charge in [-0.15, -0.1) is 0 Å². The molecule has 1 aromatic carbocycles. The zero-order chi connectivity index (χ0) is 13.3. The Morgan fingerprint density at radius 3 is 2.67 bits per heavy atom.